The van der Waals surface area contributed by atoms with E-state index >= 15 is 0 Å². The number of amides is 2. The van der Waals surface area contributed by atoms with Crippen molar-refractivity contribution in [3.05, 3.63) is 53.4 Å². The molecule has 2 aromatic rings. The summed E-state index contributed by atoms with van der Waals surface area (Å²) >= 11 is 0. The van der Waals surface area contributed by atoms with Gasteiger partial charge in [-0.2, -0.15) is 0 Å². The van der Waals surface area contributed by atoms with Crippen molar-refractivity contribution in [2.24, 2.45) is 0 Å². The van der Waals surface area contributed by atoms with Crippen LogP contribution in [0.4, 0.5) is 4.79 Å². The number of rotatable bonds is 5. The minimum absolute atomic E-state index is 0.0892. The summed E-state index contributed by atoms with van der Waals surface area (Å²) in [7, 11) is 1.77. The number of aromatic nitrogens is 3. The highest BCUT2D eigenvalue weighted by atomic mass is 16.2. The molecule has 0 aliphatic carbocycles. The minimum atomic E-state index is -0.132. The molecule has 0 unspecified atom stereocenters. The van der Waals surface area contributed by atoms with Crippen molar-refractivity contribution in [1.82, 2.24) is 25.2 Å². The van der Waals surface area contributed by atoms with Gasteiger partial charge in [0.25, 0.3) is 0 Å². The lowest BCUT2D eigenvalue weighted by Gasteiger charge is -2.24. The van der Waals surface area contributed by atoms with Gasteiger partial charge in [-0.05, 0) is 39.0 Å². The summed E-state index contributed by atoms with van der Waals surface area (Å²) in [6.07, 6.45) is 2.34. The van der Waals surface area contributed by atoms with E-state index in [1.165, 1.54) is 0 Å². The largest absolute Gasteiger partial charge is 0.338 e. The Hall–Kier alpha value is -2.50. The molecule has 0 bridgehead atoms. The molecule has 23 heavy (non-hydrogen) atoms. The number of hydrogen-bond donors (Lipinski definition) is 1. The lowest BCUT2D eigenvalue weighted by atomic mass is 10.2. The molecule has 122 valence electrons. The van der Waals surface area contributed by atoms with Crippen LogP contribution in [0, 0.1) is 13.8 Å². The van der Waals surface area contributed by atoms with Crippen LogP contribution in [0.15, 0.2) is 30.5 Å². The van der Waals surface area contributed by atoms with Gasteiger partial charge >= 0.3 is 6.03 Å². The Bertz CT molecular complexity index is 639. The highest BCUT2D eigenvalue weighted by molar-refractivity contribution is 5.74. The SMILES string of the molecule is Cc1cc(C)nc(CCNC(=O)N(C)[C@H](C)c2ccccn2)n1. The average molecular weight is 313 g/mol. The zero-order chi connectivity index (χ0) is 16.8. The fourth-order valence-electron chi connectivity index (χ4n) is 2.31. The standard InChI is InChI=1S/C17H23N5O/c1-12-11-13(2)21-16(20-12)8-10-19-17(23)22(4)14(3)15-7-5-6-9-18-15/h5-7,9,11,14H,8,10H2,1-4H3,(H,19,23)/t14-/m1/s1. The molecule has 6 nitrogen and oxygen atoms in total. The number of aryl methyl sites for hydroxylation is 2. The second kappa shape index (κ2) is 7.67. The Morgan fingerprint density at radius 3 is 2.57 bits per heavy atom. The smallest absolute Gasteiger partial charge is 0.317 e. The molecule has 0 saturated heterocycles. The molecule has 0 aliphatic heterocycles. The van der Waals surface area contributed by atoms with E-state index in [1.54, 1.807) is 18.1 Å². The predicted molar refractivity (Wildman–Crippen MR) is 89.0 cm³/mol. The molecule has 0 saturated carbocycles. The Labute approximate surface area is 137 Å². The zero-order valence-electron chi connectivity index (χ0n) is 14.1. The lowest BCUT2D eigenvalue weighted by Crippen LogP contribution is -2.39. The van der Waals surface area contributed by atoms with Crippen LogP contribution >= 0.6 is 0 Å². The van der Waals surface area contributed by atoms with Gasteiger partial charge in [-0.25, -0.2) is 14.8 Å². The fraction of sp³-hybridized carbons (Fsp3) is 0.412. The molecule has 1 N–H and O–H groups in total. The number of nitrogens with one attached hydrogen (secondary N) is 1. The molecule has 2 aromatic heterocycles. The van der Waals surface area contributed by atoms with Crippen molar-refractivity contribution in [3.8, 4) is 0 Å². The van der Waals surface area contributed by atoms with Gasteiger partial charge in [0.1, 0.15) is 5.82 Å². The summed E-state index contributed by atoms with van der Waals surface area (Å²) in [5.74, 6) is 0.753. The van der Waals surface area contributed by atoms with Crippen LogP contribution in [0.25, 0.3) is 0 Å². The molecule has 0 aliphatic rings. The number of urea groups is 1. The van der Waals surface area contributed by atoms with E-state index in [9.17, 15) is 4.79 Å². The van der Waals surface area contributed by atoms with Crippen LogP contribution < -0.4 is 5.32 Å². The molecule has 0 aromatic carbocycles. The van der Waals surface area contributed by atoms with E-state index in [0.717, 1.165) is 22.9 Å². The number of hydrogen-bond acceptors (Lipinski definition) is 4. The maximum Gasteiger partial charge on any atom is 0.317 e. The monoisotopic (exact) mass is 313 g/mol. The summed E-state index contributed by atoms with van der Waals surface area (Å²) in [6, 6.07) is 7.41. The third-order valence-corrected chi connectivity index (χ3v) is 3.67. The molecule has 1 atom stereocenters. The van der Waals surface area contributed by atoms with Crippen molar-refractivity contribution in [1.29, 1.82) is 0 Å². The van der Waals surface area contributed by atoms with E-state index in [4.69, 9.17) is 0 Å². The first-order chi connectivity index (χ1) is 11.0. The van der Waals surface area contributed by atoms with Crippen LogP contribution in [-0.4, -0.2) is 39.5 Å². The zero-order valence-corrected chi connectivity index (χ0v) is 14.1. The maximum atomic E-state index is 12.2. The molecule has 2 rings (SSSR count). The van der Waals surface area contributed by atoms with Gasteiger partial charge < -0.3 is 10.2 Å². The second-order valence-electron chi connectivity index (χ2n) is 5.59. The van der Waals surface area contributed by atoms with E-state index in [0.29, 0.717) is 13.0 Å². The van der Waals surface area contributed by atoms with Gasteiger partial charge in [0.2, 0.25) is 0 Å². The highest BCUT2D eigenvalue weighted by Gasteiger charge is 2.17. The third-order valence-electron chi connectivity index (χ3n) is 3.67. The van der Waals surface area contributed by atoms with Crippen LogP contribution in [0.3, 0.4) is 0 Å². The second-order valence-corrected chi connectivity index (χ2v) is 5.59. The van der Waals surface area contributed by atoms with Gasteiger partial charge in [-0.3, -0.25) is 4.98 Å². The number of carbonyl (C=O) groups excluding carboxylic acids is 1. The van der Waals surface area contributed by atoms with Gasteiger partial charge in [0, 0.05) is 37.6 Å². The van der Waals surface area contributed by atoms with Crippen LogP contribution in [0.5, 0.6) is 0 Å². The van der Waals surface area contributed by atoms with Crippen LogP contribution in [0.2, 0.25) is 0 Å². The Morgan fingerprint density at radius 1 is 1.26 bits per heavy atom. The molecule has 0 spiro atoms. The van der Waals surface area contributed by atoms with E-state index in [2.05, 4.69) is 20.3 Å². The third kappa shape index (κ3) is 4.74. The summed E-state index contributed by atoms with van der Waals surface area (Å²) in [5.41, 5.74) is 2.75. The van der Waals surface area contributed by atoms with Crippen molar-refractivity contribution in [2.75, 3.05) is 13.6 Å². The van der Waals surface area contributed by atoms with Gasteiger partial charge in [0.15, 0.2) is 0 Å². The van der Waals surface area contributed by atoms with Gasteiger partial charge in [-0.15, -0.1) is 0 Å². The van der Waals surface area contributed by atoms with E-state index in [-0.39, 0.29) is 12.1 Å². The first-order valence-electron chi connectivity index (χ1n) is 7.70. The number of nitrogens with zero attached hydrogens (tertiary/aromatic N) is 4. The first kappa shape index (κ1) is 16.9. The Morgan fingerprint density at radius 2 is 1.96 bits per heavy atom. The highest BCUT2D eigenvalue weighted by Crippen LogP contribution is 2.15. The van der Waals surface area contributed by atoms with Crippen molar-refractivity contribution in [2.45, 2.75) is 33.2 Å². The molecule has 2 amide bonds. The summed E-state index contributed by atoms with van der Waals surface area (Å²) < 4.78 is 0. The van der Waals surface area contributed by atoms with Gasteiger partial charge in [-0.1, -0.05) is 6.07 Å². The maximum absolute atomic E-state index is 12.2. The quantitative estimate of drug-likeness (QED) is 0.920. The molecular weight excluding hydrogens is 290 g/mol. The van der Waals surface area contributed by atoms with E-state index in [1.807, 2.05) is 45.0 Å². The lowest BCUT2D eigenvalue weighted by molar-refractivity contribution is 0.193. The Kier molecular flexibility index (Phi) is 5.62. The molecular formula is C17H23N5O. The van der Waals surface area contributed by atoms with Crippen LogP contribution in [0.1, 0.15) is 35.9 Å². The first-order valence-corrected chi connectivity index (χ1v) is 7.70. The molecule has 2 heterocycles. The van der Waals surface area contributed by atoms with Gasteiger partial charge in [0.05, 0.1) is 11.7 Å². The van der Waals surface area contributed by atoms with Crippen molar-refractivity contribution in [3.63, 3.8) is 0 Å². The minimum Gasteiger partial charge on any atom is -0.338 e. The number of carbonyl (C=O) groups is 1. The normalized spacial score (nSPS) is 11.8. The number of pyridine rings is 1. The summed E-state index contributed by atoms with van der Waals surface area (Å²) in [4.78, 5) is 26.9. The molecule has 0 radical (unpaired) electrons. The van der Waals surface area contributed by atoms with E-state index < -0.39 is 0 Å². The summed E-state index contributed by atoms with van der Waals surface area (Å²) in [5, 5.41) is 2.90. The molecule has 6 heteroatoms. The van der Waals surface area contributed by atoms with Crippen LogP contribution in [-0.2, 0) is 6.42 Å². The topological polar surface area (TPSA) is 71.0 Å². The predicted octanol–water partition coefficient (Wildman–Crippen LogP) is 2.43. The van der Waals surface area contributed by atoms with Crippen molar-refractivity contribution >= 4 is 6.03 Å². The average Bonchev–Trinajstić information content (AvgIpc) is 2.53. The van der Waals surface area contributed by atoms with Crippen molar-refractivity contribution < 1.29 is 4.79 Å². The molecule has 0 fully saturated rings. The summed E-state index contributed by atoms with van der Waals surface area (Å²) in [6.45, 7) is 6.34. The fourth-order valence-corrected chi connectivity index (χ4v) is 2.31. The Balaban J connectivity index is 1.86.